The van der Waals surface area contributed by atoms with E-state index in [4.69, 9.17) is 5.73 Å². The Bertz CT molecular complexity index is 1540. The molecular weight excluding hydrogens is 474 g/mol. The molecule has 3 N–H and O–H groups in total. The number of carbonyl (C=O) groups is 1. The van der Waals surface area contributed by atoms with E-state index in [0.717, 1.165) is 31.2 Å². The molecule has 2 heterocycles. The first-order chi connectivity index (χ1) is 17.2. The minimum absolute atomic E-state index is 0.160. The number of nitrogens with two attached hydrogens (primary N) is 1. The fourth-order valence-corrected chi connectivity index (χ4v) is 5.92. The maximum Gasteiger partial charge on any atom is 0.261 e. The molecular formula is C27H29N5O3S. The third kappa shape index (κ3) is 4.46. The second kappa shape index (κ2) is 9.39. The summed E-state index contributed by atoms with van der Waals surface area (Å²) in [7, 11) is -3.82. The Kier molecular flexibility index (Phi) is 6.26. The lowest BCUT2D eigenvalue weighted by Gasteiger charge is -2.12. The topological polar surface area (TPSA) is 120 Å². The highest BCUT2D eigenvalue weighted by atomic mass is 32.2. The molecule has 0 atom stereocenters. The van der Waals surface area contributed by atoms with Crippen molar-refractivity contribution in [1.82, 2.24) is 14.5 Å². The average Bonchev–Trinajstić information content (AvgIpc) is 3.52. The molecule has 0 aliphatic heterocycles. The number of nitrogen functional groups attached to an aromatic ring is 1. The Labute approximate surface area is 210 Å². The van der Waals surface area contributed by atoms with E-state index in [1.807, 2.05) is 22.9 Å². The highest BCUT2D eigenvalue weighted by Gasteiger charge is 2.26. The molecule has 5 rings (SSSR count). The first kappa shape index (κ1) is 24.0. The Morgan fingerprint density at radius 2 is 1.81 bits per heavy atom. The van der Waals surface area contributed by atoms with Crippen molar-refractivity contribution in [3.63, 3.8) is 0 Å². The molecule has 0 amide bonds. The lowest BCUT2D eigenvalue weighted by atomic mass is 10.0. The van der Waals surface area contributed by atoms with Gasteiger partial charge in [-0.15, -0.1) is 0 Å². The summed E-state index contributed by atoms with van der Waals surface area (Å²) in [6.07, 6.45) is 7.56. The van der Waals surface area contributed by atoms with E-state index in [-0.39, 0.29) is 22.5 Å². The molecule has 36 heavy (non-hydrogen) atoms. The van der Waals surface area contributed by atoms with Crippen molar-refractivity contribution in [3.05, 3.63) is 77.7 Å². The molecule has 1 aliphatic rings. The molecule has 0 unspecified atom stereocenters. The second-order valence-electron chi connectivity index (χ2n) is 9.59. The average molecular weight is 504 g/mol. The van der Waals surface area contributed by atoms with Gasteiger partial charge in [0.1, 0.15) is 17.8 Å². The van der Waals surface area contributed by atoms with Crippen LogP contribution < -0.4 is 10.5 Å². The molecule has 1 saturated carbocycles. The number of carbonyl (C=O) groups excluding carboxylic acids is 1. The second-order valence-corrected chi connectivity index (χ2v) is 11.3. The van der Waals surface area contributed by atoms with E-state index in [2.05, 4.69) is 28.5 Å². The predicted molar refractivity (Wildman–Crippen MR) is 141 cm³/mol. The van der Waals surface area contributed by atoms with Crippen molar-refractivity contribution in [2.24, 2.45) is 0 Å². The molecule has 0 bridgehead atoms. The quantitative estimate of drug-likeness (QED) is 0.331. The molecule has 0 spiro atoms. The molecule has 2 aromatic carbocycles. The minimum atomic E-state index is -3.82. The number of fused-ring (bicyclic) bond motifs is 1. The molecule has 4 aromatic rings. The van der Waals surface area contributed by atoms with Crippen molar-refractivity contribution in [3.8, 4) is 0 Å². The van der Waals surface area contributed by atoms with Gasteiger partial charge in [-0.25, -0.2) is 18.4 Å². The Morgan fingerprint density at radius 3 is 2.50 bits per heavy atom. The van der Waals surface area contributed by atoms with Crippen molar-refractivity contribution in [2.75, 3.05) is 10.5 Å². The van der Waals surface area contributed by atoms with Gasteiger partial charge in [0, 0.05) is 23.5 Å². The maximum atomic E-state index is 13.6. The van der Waals surface area contributed by atoms with Gasteiger partial charge in [0.15, 0.2) is 5.78 Å². The number of benzene rings is 2. The van der Waals surface area contributed by atoms with Crippen LogP contribution in [0.5, 0.6) is 0 Å². The summed E-state index contributed by atoms with van der Waals surface area (Å²) in [5.41, 5.74) is 8.96. The van der Waals surface area contributed by atoms with Crippen LogP contribution in [0.1, 0.15) is 73.0 Å². The van der Waals surface area contributed by atoms with Crippen LogP contribution in [0.2, 0.25) is 0 Å². The summed E-state index contributed by atoms with van der Waals surface area (Å²) in [6.45, 7) is 4.10. The Morgan fingerprint density at radius 1 is 1.08 bits per heavy atom. The summed E-state index contributed by atoms with van der Waals surface area (Å²) in [5, 5.41) is 0.533. The molecule has 0 radical (unpaired) electrons. The minimum Gasteiger partial charge on any atom is -0.383 e. The van der Waals surface area contributed by atoms with Crippen LogP contribution in [0.15, 0.2) is 66.0 Å². The molecule has 0 saturated heterocycles. The van der Waals surface area contributed by atoms with Gasteiger partial charge >= 0.3 is 0 Å². The van der Waals surface area contributed by atoms with Crippen LogP contribution in [-0.2, 0) is 10.0 Å². The van der Waals surface area contributed by atoms with Crippen LogP contribution in [0, 0.1) is 0 Å². The van der Waals surface area contributed by atoms with Crippen molar-refractivity contribution in [2.45, 2.75) is 56.4 Å². The normalized spacial score (nSPS) is 14.5. The molecule has 8 nitrogen and oxygen atoms in total. The van der Waals surface area contributed by atoms with Gasteiger partial charge < -0.3 is 10.3 Å². The summed E-state index contributed by atoms with van der Waals surface area (Å²) in [6, 6.07) is 13.6. The summed E-state index contributed by atoms with van der Waals surface area (Å²) < 4.78 is 30.6. The van der Waals surface area contributed by atoms with Gasteiger partial charge in [0.25, 0.3) is 10.0 Å². The van der Waals surface area contributed by atoms with Crippen LogP contribution in [0.25, 0.3) is 11.0 Å². The number of nitrogens with zero attached hydrogens (tertiary/aromatic N) is 3. The summed E-state index contributed by atoms with van der Waals surface area (Å²) >= 11 is 0. The number of anilines is 2. The number of aromatic nitrogens is 3. The Hall–Kier alpha value is -3.72. The van der Waals surface area contributed by atoms with Crippen LogP contribution in [0.4, 0.5) is 11.5 Å². The van der Waals surface area contributed by atoms with Gasteiger partial charge in [0.2, 0.25) is 0 Å². The Balaban J connectivity index is 1.47. The van der Waals surface area contributed by atoms with Crippen molar-refractivity contribution in [1.29, 1.82) is 0 Å². The van der Waals surface area contributed by atoms with E-state index in [0.29, 0.717) is 33.8 Å². The largest absolute Gasteiger partial charge is 0.383 e. The van der Waals surface area contributed by atoms with E-state index in [1.54, 1.807) is 36.4 Å². The van der Waals surface area contributed by atoms with Gasteiger partial charge in [-0.2, -0.15) is 0 Å². The molecule has 186 valence electrons. The third-order valence-electron chi connectivity index (χ3n) is 6.84. The lowest BCUT2D eigenvalue weighted by molar-refractivity contribution is 0.104. The van der Waals surface area contributed by atoms with E-state index in [9.17, 15) is 13.2 Å². The molecule has 1 aliphatic carbocycles. The number of hydrogen-bond acceptors (Lipinski definition) is 6. The zero-order valence-corrected chi connectivity index (χ0v) is 21.1. The third-order valence-corrected chi connectivity index (χ3v) is 8.23. The zero-order chi connectivity index (χ0) is 25.4. The van der Waals surface area contributed by atoms with Gasteiger partial charge in [0.05, 0.1) is 15.8 Å². The fraction of sp³-hybridized carbons (Fsp3) is 0.296. The number of rotatable bonds is 7. The lowest BCUT2D eigenvalue weighted by Crippen LogP contribution is -2.13. The fourth-order valence-electron chi connectivity index (χ4n) is 4.87. The van der Waals surface area contributed by atoms with Crippen LogP contribution in [-0.4, -0.2) is 28.7 Å². The monoisotopic (exact) mass is 503 g/mol. The van der Waals surface area contributed by atoms with E-state index < -0.39 is 10.0 Å². The molecule has 1 fully saturated rings. The van der Waals surface area contributed by atoms with Crippen molar-refractivity contribution < 1.29 is 13.2 Å². The number of hydrogen-bond donors (Lipinski definition) is 2. The standard InChI is InChI=1S/C27H29N5O3S/c1-17(2)18-10-12-22(13-11-18)36(34,35)31-20-7-5-6-19(14-20)25(33)23-15-32(21-8-3-4-9-21)27-24(23)26(28)29-16-30-27/h5-7,10-17,21,31H,3-4,8-9H2,1-2H3,(H2,28,29,30). The smallest absolute Gasteiger partial charge is 0.261 e. The highest BCUT2D eigenvalue weighted by Crippen LogP contribution is 2.35. The first-order valence-electron chi connectivity index (χ1n) is 12.1. The van der Waals surface area contributed by atoms with E-state index >= 15 is 0 Å². The number of ketones is 1. The highest BCUT2D eigenvalue weighted by molar-refractivity contribution is 7.92. The van der Waals surface area contributed by atoms with Crippen LogP contribution in [0.3, 0.4) is 0 Å². The van der Waals surface area contributed by atoms with Gasteiger partial charge in [-0.1, -0.05) is 51.0 Å². The van der Waals surface area contributed by atoms with Gasteiger partial charge in [-0.05, 0) is 48.6 Å². The number of nitrogens with one attached hydrogen (secondary N) is 1. The predicted octanol–water partition coefficient (Wildman–Crippen LogP) is 5.28. The van der Waals surface area contributed by atoms with Crippen LogP contribution >= 0.6 is 0 Å². The first-order valence-corrected chi connectivity index (χ1v) is 13.6. The molecule has 2 aromatic heterocycles. The summed E-state index contributed by atoms with van der Waals surface area (Å²) in [4.78, 5) is 22.3. The zero-order valence-electron chi connectivity index (χ0n) is 20.3. The van der Waals surface area contributed by atoms with Gasteiger partial charge in [-0.3, -0.25) is 9.52 Å². The molecule has 9 heteroatoms. The summed E-state index contributed by atoms with van der Waals surface area (Å²) in [5.74, 6) is 0.291. The van der Waals surface area contributed by atoms with Crippen molar-refractivity contribution >= 4 is 38.3 Å². The van der Waals surface area contributed by atoms with E-state index in [1.165, 1.54) is 6.33 Å². The number of sulfonamides is 1. The SMILES string of the molecule is CC(C)c1ccc(S(=O)(=O)Nc2cccc(C(=O)c3cn(C4CCCC4)c4ncnc(N)c34)c2)cc1. The maximum absolute atomic E-state index is 13.6.